The van der Waals surface area contributed by atoms with Gasteiger partial charge in [0.05, 0.1) is 0 Å². The van der Waals surface area contributed by atoms with Crippen LogP contribution >= 0.6 is 7.37 Å². The highest BCUT2D eigenvalue weighted by molar-refractivity contribution is 7.58. The normalized spacial score (nSPS) is 15.0. The van der Waals surface area contributed by atoms with Gasteiger partial charge in [0.15, 0.2) is 0 Å². The highest BCUT2D eigenvalue weighted by Gasteiger charge is 2.28. The summed E-state index contributed by atoms with van der Waals surface area (Å²) in [6, 6.07) is 9.72. The molecule has 0 aliphatic carbocycles. The van der Waals surface area contributed by atoms with Gasteiger partial charge in [0, 0.05) is 25.2 Å². The molecule has 0 bridgehead atoms. The highest BCUT2D eigenvalue weighted by Crippen LogP contribution is 2.46. The van der Waals surface area contributed by atoms with E-state index in [0.717, 1.165) is 12.0 Å². The first-order valence-electron chi connectivity index (χ1n) is 8.03. The summed E-state index contributed by atoms with van der Waals surface area (Å²) in [6.45, 7) is 2.01. The van der Waals surface area contributed by atoms with Crippen LogP contribution in [0.15, 0.2) is 30.3 Å². The molecule has 0 aliphatic rings. The molecule has 7 heteroatoms. The number of hydrogen-bond acceptors (Lipinski definition) is 3. The summed E-state index contributed by atoms with van der Waals surface area (Å²) in [5.41, 5.74) is 1.10. The second-order valence-corrected chi connectivity index (χ2v) is 8.62. The minimum atomic E-state index is -3.58. The lowest BCUT2D eigenvalue weighted by atomic mass is 9.94. The van der Waals surface area contributed by atoms with Crippen LogP contribution in [0.1, 0.15) is 44.1 Å². The van der Waals surface area contributed by atoms with Crippen LogP contribution in [0.25, 0.3) is 0 Å². The molecule has 0 spiro atoms. The minimum Gasteiger partial charge on any atom is -0.481 e. The predicted molar refractivity (Wildman–Crippen MR) is 91.6 cm³/mol. The SMILES string of the molecule is CCC(CCP(=O)(O)CC(CC(=O)O)CC(=O)O)c1ccccc1. The topological polar surface area (TPSA) is 112 Å². The number of hydrogen-bond donors (Lipinski definition) is 3. The monoisotopic (exact) mass is 356 g/mol. The predicted octanol–water partition coefficient (Wildman–Crippen LogP) is 3.41. The third kappa shape index (κ3) is 7.75. The number of carboxylic acids is 2. The van der Waals surface area contributed by atoms with Crippen molar-refractivity contribution in [2.24, 2.45) is 5.92 Å². The van der Waals surface area contributed by atoms with Gasteiger partial charge < -0.3 is 15.1 Å². The van der Waals surface area contributed by atoms with Crippen LogP contribution in [0, 0.1) is 5.92 Å². The first kappa shape index (κ1) is 20.4. The molecule has 1 rings (SSSR count). The third-order valence-corrected chi connectivity index (χ3v) is 6.10. The molecule has 2 unspecified atom stereocenters. The lowest BCUT2D eigenvalue weighted by Crippen LogP contribution is -2.17. The van der Waals surface area contributed by atoms with Crippen molar-refractivity contribution in [3.05, 3.63) is 35.9 Å². The molecular formula is C17H25O6P. The van der Waals surface area contributed by atoms with E-state index in [0.29, 0.717) is 6.42 Å². The van der Waals surface area contributed by atoms with E-state index >= 15 is 0 Å². The first-order chi connectivity index (χ1) is 11.2. The lowest BCUT2D eigenvalue weighted by molar-refractivity contribution is -0.140. The van der Waals surface area contributed by atoms with Crippen LogP contribution in [0.5, 0.6) is 0 Å². The zero-order valence-corrected chi connectivity index (χ0v) is 14.7. The number of benzene rings is 1. The van der Waals surface area contributed by atoms with Gasteiger partial charge in [-0.2, -0.15) is 0 Å². The Bertz CT molecular complexity index is 570. The Hall–Kier alpha value is -1.65. The van der Waals surface area contributed by atoms with Crippen LogP contribution in [-0.2, 0) is 14.2 Å². The molecule has 0 amide bonds. The van der Waals surface area contributed by atoms with Crippen LogP contribution in [0.2, 0.25) is 0 Å². The van der Waals surface area contributed by atoms with Gasteiger partial charge in [0.1, 0.15) is 0 Å². The summed E-state index contributed by atoms with van der Waals surface area (Å²) in [4.78, 5) is 31.8. The van der Waals surface area contributed by atoms with Gasteiger partial charge in [0.2, 0.25) is 7.37 Å². The second kappa shape index (κ2) is 9.60. The molecule has 1 aromatic carbocycles. The van der Waals surface area contributed by atoms with Gasteiger partial charge in [-0.1, -0.05) is 37.3 Å². The number of carbonyl (C=O) groups is 2. The van der Waals surface area contributed by atoms with Gasteiger partial charge in [-0.05, 0) is 30.2 Å². The van der Waals surface area contributed by atoms with Crippen molar-refractivity contribution < 1.29 is 29.3 Å². The average Bonchev–Trinajstić information content (AvgIpc) is 2.47. The fraction of sp³-hybridized carbons (Fsp3) is 0.529. The van der Waals surface area contributed by atoms with Crippen molar-refractivity contribution in [1.29, 1.82) is 0 Å². The molecule has 3 N–H and O–H groups in total. The maximum absolute atomic E-state index is 12.4. The number of carboxylic acid groups (broad SMARTS) is 2. The molecule has 6 nitrogen and oxygen atoms in total. The standard InChI is InChI=1S/C17H25O6P/c1-2-14(15-6-4-3-5-7-15)8-9-24(22,23)12-13(10-16(18)19)11-17(20)21/h3-7,13-14H,2,8-12H2,1H3,(H,18,19)(H,20,21)(H,22,23). The van der Waals surface area contributed by atoms with E-state index in [1.165, 1.54) is 0 Å². The average molecular weight is 356 g/mol. The van der Waals surface area contributed by atoms with Gasteiger partial charge in [-0.25, -0.2) is 0 Å². The molecule has 2 atom stereocenters. The zero-order valence-electron chi connectivity index (χ0n) is 13.8. The van der Waals surface area contributed by atoms with E-state index in [1.807, 2.05) is 37.3 Å². The van der Waals surface area contributed by atoms with Gasteiger partial charge in [0.25, 0.3) is 0 Å². The summed E-state index contributed by atoms with van der Waals surface area (Å²) in [7, 11) is -3.58. The quantitative estimate of drug-likeness (QED) is 0.524. The van der Waals surface area contributed by atoms with Gasteiger partial charge in [-0.15, -0.1) is 0 Å². The van der Waals surface area contributed by atoms with Crippen molar-refractivity contribution >= 4 is 19.3 Å². The Labute approximate surface area is 142 Å². The molecule has 0 fully saturated rings. The molecule has 0 radical (unpaired) electrons. The summed E-state index contributed by atoms with van der Waals surface area (Å²) in [5.74, 6) is -2.98. The summed E-state index contributed by atoms with van der Waals surface area (Å²) in [6.07, 6.45) is 0.325. The Morgan fingerprint density at radius 1 is 1.08 bits per heavy atom. The second-order valence-electron chi connectivity index (χ2n) is 6.12. The van der Waals surface area contributed by atoms with E-state index in [2.05, 4.69) is 0 Å². The maximum Gasteiger partial charge on any atom is 0.303 e. The maximum atomic E-state index is 12.4. The minimum absolute atomic E-state index is 0.0656. The Kier molecular flexibility index (Phi) is 8.16. The molecule has 0 aromatic heterocycles. The third-order valence-electron chi connectivity index (χ3n) is 4.06. The van der Waals surface area contributed by atoms with Crippen molar-refractivity contribution in [1.82, 2.24) is 0 Å². The van der Waals surface area contributed by atoms with Crippen molar-refractivity contribution in [2.75, 3.05) is 12.3 Å². The number of rotatable bonds is 11. The van der Waals surface area contributed by atoms with Crippen LogP contribution in [-0.4, -0.2) is 39.4 Å². The van der Waals surface area contributed by atoms with Crippen molar-refractivity contribution in [2.45, 2.75) is 38.5 Å². The Balaban J connectivity index is 2.67. The highest BCUT2D eigenvalue weighted by atomic mass is 31.2. The summed E-state index contributed by atoms with van der Waals surface area (Å²) < 4.78 is 12.4. The molecule has 0 aliphatic heterocycles. The summed E-state index contributed by atoms with van der Waals surface area (Å²) in [5, 5.41) is 17.7. The van der Waals surface area contributed by atoms with Crippen molar-refractivity contribution in [3.8, 4) is 0 Å². The van der Waals surface area contributed by atoms with Crippen LogP contribution in [0.4, 0.5) is 0 Å². The molecule has 0 saturated heterocycles. The fourth-order valence-electron chi connectivity index (χ4n) is 2.88. The fourth-order valence-corrected chi connectivity index (χ4v) is 4.84. The van der Waals surface area contributed by atoms with Crippen LogP contribution in [0.3, 0.4) is 0 Å². The molecule has 0 saturated carbocycles. The van der Waals surface area contributed by atoms with Gasteiger partial charge >= 0.3 is 11.9 Å². The van der Waals surface area contributed by atoms with E-state index in [4.69, 9.17) is 10.2 Å². The zero-order chi connectivity index (χ0) is 18.2. The van der Waals surface area contributed by atoms with E-state index in [9.17, 15) is 19.0 Å². The lowest BCUT2D eigenvalue weighted by Gasteiger charge is -2.21. The Morgan fingerprint density at radius 3 is 2.08 bits per heavy atom. The molecule has 134 valence electrons. The smallest absolute Gasteiger partial charge is 0.303 e. The Morgan fingerprint density at radius 2 is 1.62 bits per heavy atom. The molecule has 0 heterocycles. The van der Waals surface area contributed by atoms with Gasteiger partial charge in [-0.3, -0.25) is 14.2 Å². The molecule has 24 heavy (non-hydrogen) atoms. The van der Waals surface area contributed by atoms with Crippen molar-refractivity contribution in [3.63, 3.8) is 0 Å². The van der Waals surface area contributed by atoms with E-state index in [1.54, 1.807) is 0 Å². The largest absolute Gasteiger partial charge is 0.481 e. The molecule has 1 aromatic rings. The van der Waals surface area contributed by atoms with Crippen LogP contribution < -0.4 is 0 Å². The van der Waals surface area contributed by atoms with E-state index in [-0.39, 0.29) is 18.2 Å². The number of aliphatic carboxylic acids is 2. The summed E-state index contributed by atoms with van der Waals surface area (Å²) >= 11 is 0. The van der Waals surface area contributed by atoms with E-state index < -0.39 is 38.1 Å². The molecular weight excluding hydrogens is 331 g/mol. The first-order valence-corrected chi connectivity index (χ1v) is 10.1.